The van der Waals surface area contributed by atoms with Crippen LogP contribution in [0.15, 0.2) is 30.5 Å². The van der Waals surface area contributed by atoms with E-state index in [1.807, 2.05) is 0 Å². The Kier molecular flexibility index (Phi) is 6.38. The van der Waals surface area contributed by atoms with Crippen LogP contribution in [0.3, 0.4) is 0 Å². The number of nitrogens with one attached hydrogen (secondary N) is 2. The molecule has 7 nitrogen and oxygen atoms in total. The molecule has 0 bridgehead atoms. The quantitative estimate of drug-likeness (QED) is 0.594. The first-order valence-corrected chi connectivity index (χ1v) is 10.8. The molecule has 33 heavy (non-hydrogen) atoms. The number of benzene rings is 1. The monoisotopic (exact) mass is 522 g/mol. The fraction of sp³-hybridized carbons (Fsp3) is 0.350. The van der Waals surface area contributed by atoms with Gasteiger partial charge in [-0.3, -0.25) is 14.4 Å². The predicted molar refractivity (Wildman–Crippen MR) is 116 cm³/mol. The molecule has 0 spiro atoms. The maximum absolute atomic E-state index is 14.3. The van der Waals surface area contributed by atoms with Crippen LogP contribution in [0.2, 0.25) is 15.1 Å². The minimum atomic E-state index is -4.58. The summed E-state index contributed by atoms with van der Waals surface area (Å²) in [6, 6.07) is 4.43. The van der Waals surface area contributed by atoms with E-state index in [1.54, 1.807) is 0 Å². The minimum Gasteiger partial charge on any atom is -0.369 e. The Balaban J connectivity index is 1.55. The Morgan fingerprint density at radius 1 is 1.24 bits per heavy atom. The maximum Gasteiger partial charge on any atom is 0.400 e. The van der Waals surface area contributed by atoms with Gasteiger partial charge >= 0.3 is 6.18 Å². The number of hydrogen-bond donors (Lipinski definition) is 2. The van der Waals surface area contributed by atoms with E-state index in [9.17, 15) is 22.8 Å². The molecule has 1 aromatic carbocycles. The summed E-state index contributed by atoms with van der Waals surface area (Å²) in [5, 5.41) is 2.35. The van der Waals surface area contributed by atoms with Crippen molar-refractivity contribution in [3.8, 4) is 0 Å². The molecule has 2 saturated heterocycles. The van der Waals surface area contributed by atoms with Gasteiger partial charge in [0.05, 0.1) is 27.0 Å². The van der Waals surface area contributed by atoms with E-state index < -0.39 is 36.0 Å². The third-order valence-electron chi connectivity index (χ3n) is 5.74. The molecule has 2 aliphatic heterocycles. The summed E-state index contributed by atoms with van der Waals surface area (Å²) in [6.45, 7) is -0.323. The van der Waals surface area contributed by atoms with Gasteiger partial charge in [0.1, 0.15) is 23.8 Å². The van der Waals surface area contributed by atoms with Crippen molar-refractivity contribution in [1.29, 1.82) is 0 Å². The molecule has 0 radical (unpaired) electrons. The lowest BCUT2D eigenvalue weighted by molar-refractivity contribution is -0.184. The highest BCUT2D eigenvalue weighted by Crippen LogP contribution is 2.50. The van der Waals surface area contributed by atoms with E-state index in [1.165, 1.54) is 35.4 Å². The van der Waals surface area contributed by atoms with Crippen LogP contribution >= 0.6 is 34.8 Å². The van der Waals surface area contributed by atoms with E-state index in [0.717, 1.165) is 0 Å². The minimum absolute atomic E-state index is 0.00558. The molecule has 2 atom stereocenters. The number of carbonyl (C=O) groups is 2. The summed E-state index contributed by atoms with van der Waals surface area (Å²) in [7, 11) is 0. The molecule has 4 rings (SSSR count). The number of aromatic nitrogens is 1. The zero-order valence-corrected chi connectivity index (χ0v) is 18.9. The summed E-state index contributed by atoms with van der Waals surface area (Å²) in [4.78, 5) is 34.1. The lowest BCUT2D eigenvalue weighted by atomic mass is 9.79. The SMILES string of the molecule is O=C(NC1CONC1=O)c1ccc(N2CCC(c3cc(Cl)c(Cl)c(Cl)c3)(C(F)(F)F)C2)cn1. The van der Waals surface area contributed by atoms with Crippen LogP contribution in [0, 0.1) is 0 Å². The number of pyridine rings is 1. The van der Waals surface area contributed by atoms with E-state index in [-0.39, 0.29) is 45.9 Å². The fourth-order valence-electron chi connectivity index (χ4n) is 3.88. The summed E-state index contributed by atoms with van der Waals surface area (Å²) >= 11 is 17.9. The van der Waals surface area contributed by atoms with Crippen molar-refractivity contribution in [2.75, 3.05) is 24.6 Å². The van der Waals surface area contributed by atoms with Crippen LogP contribution in [-0.4, -0.2) is 48.7 Å². The lowest BCUT2D eigenvalue weighted by Gasteiger charge is -2.33. The van der Waals surface area contributed by atoms with Crippen LogP contribution in [0.25, 0.3) is 0 Å². The second-order valence-electron chi connectivity index (χ2n) is 7.71. The van der Waals surface area contributed by atoms with E-state index in [4.69, 9.17) is 39.6 Å². The number of alkyl halides is 3. The van der Waals surface area contributed by atoms with Gasteiger partial charge in [-0.25, -0.2) is 10.5 Å². The molecule has 2 unspecified atom stereocenters. The van der Waals surface area contributed by atoms with Crippen LogP contribution in [-0.2, 0) is 15.0 Å². The Morgan fingerprint density at radius 3 is 2.48 bits per heavy atom. The molecule has 1 aromatic heterocycles. The van der Waals surface area contributed by atoms with Gasteiger partial charge in [-0.2, -0.15) is 13.2 Å². The Morgan fingerprint density at radius 2 is 1.94 bits per heavy atom. The third-order valence-corrected chi connectivity index (χ3v) is 6.94. The van der Waals surface area contributed by atoms with Crippen molar-refractivity contribution < 1.29 is 27.6 Å². The number of anilines is 1. The summed E-state index contributed by atoms with van der Waals surface area (Å²) in [5.41, 5.74) is 0.255. The molecule has 0 saturated carbocycles. The van der Waals surface area contributed by atoms with Crippen LogP contribution in [0.5, 0.6) is 0 Å². The zero-order valence-electron chi connectivity index (χ0n) is 16.7. The highest BCUT2D eigenvalue weighted by molar-refractivity contribution is 6.48. The smallest absolute Gasteiger partial charge is 0.369 e. The molecule has 2 aromatic rings. The Hall–Kier alpha value is -2.27. The van der Waals surface area contributed by atoms with E-state index in [0.29, 0.717) is 5.69 Å². The highest BCUT2D eigenvalue weighted by atomic mass is 35.5. The van der Waals surface area contributed by atoms with Crippen LogP contribution in [0.1, 0.15) is 22.5 Å². The average Bonchev–Trinajstić information content (AvgIpc) is 3.39. The summed E-state index contributed by atoms with van der Waals surface area (Å²) in [5.74, 6) is -1.09. The molecular formula is C20H16Cl3F3N4O3. The molecule has 2 fully saturated rings. The fourth-order valence-corrected chi connectivity index (χ4v) is 4.48. The average molecular weight is 524 g/mol. The number of nitrogens with zero attached hydrogens (tertiary/aromatic N) is 2. The lowest BCUT2D eigenvalue weighted by Crippen LogP contribution is -2.45. The maximum atomic E-state index is 14.3. The first-order valence-electron chi connectivity index (χ1n) is 9.67. The second-order valence-corrected chi connectivity index (χ2v) is 8.90. The van der Waals surface area contributed by atoms with Crippen molar-refractivity contribution in [2.24, 2.45) is 0 Å². The number of halogens is 6. The van der Waals surface area contributed by atoms with Crippen molar-refractivity contribution in [3.05, 3.63) is 56.8 Å². The van der Waals surface area contributed by atoms with Crippen molar-refractivity contribution in [3.63, 3.8) is 0 Å². The van der Waals surface area contributed by atoms with Gasteiger partial charge in [0.2, 0.25) is 0 Å². The summed E-state index contributed by atoms with van der Waals surface area (Å²) < 4.78 is 42.9. The molecule has 2 aliphatic rings. The first kappa shape index (κ1) is 23.9. The van der Waals surface area contributed by atoms with Crippen molar-refractivity contribution in [2.45, 2.75) is 24.1 Å². The molecule has 3 heterocycles. The van der Waals surface area contributed by atoms with Gasteiger partial charge < -0.3 is 10.2 Å². The van der Waals surface area contributed by atoms with Gasteiger partial charge in [0.25, 0.3) is 11.8 Å². The Labute approximate surface area is 201 Å². The number of hydroxylamine groups is 1. The number of rotatable bonds is 4. The molecule has 0 aliphatic carbocycles. The molecule has 13 heteroatoms. The van der Waals surface area contributed by atoms with Gasteiger partial charge in [0, 0.05) is 13.1 Å². The van der Waals surface area contributed by atoms with E-state index >= 15 is 0 Å². The van der Waals surface area contributed by atoms with Crippen molar-refractivity contribution >= 4 is 52.3 Å². The van der Waals surface area contributed by atoms with Gasteiger partial charge in [-0.1, -0.05) is 34.8 Å². The van der Waals surface area contributed by atoms with Gasteiger partial charge in [-0.15, -0.1) is 0 Å². The van der Waals surface area contributed by atoms with Gasteiger partial charge in [0.15, 0.2) is 0 Å². The highest BCUT2D eigenvalue weighted by Gasteiger charge is 2.59. The topological polar surface area (TPSA) is 83.6 Å². The molecular weight excluding hydrogens is 508 g/mol. The first-order chi connectivity index (χ1) is 15.5. The molecule has 176 valence electrons. The van der Waals surface area contributed by atoms with Crippen LogP contribution < -0.4 is 15.7 Å². The number of amides is 2. The van der Waals surface area contributed by atoms with E-state index in [2.05, 4.69) is 15.8 Å². The largest absolute Gasteiger partial charge is 0.400 e. The standard InChI is InChI=1S/C20H16Cl3F3N4O3/c21-12-5-10(6-13(22)16(12)23)19(20(24,25)26)3-4-30(9-19)11-1-2-14(27-7-11)17(31)28-15-8-33-29-18(15)32/h1-2,5-7,15H,3-4,8-9H2,(H,28,31)(H,29,32). The van der Waals surface area contributed by atoms with Crippen molar-refractivity contribution in [1.82, 2.24) is 15.8 Å². The van der Waals surface area contributed by atoms with Gasteiger partial charge in [-0.05, 0) is 36.2 Å². The normalized spacial score (nSPS) is 23.0. The second kappa shape index (κ2) is 8.83. The molecule has 2 N–H and O–H groups in total. The van der Waals surface area contributed by atoms with Crippen LogP contribution in [0.4, 0.5) is 18.9 Å². The molecule has 2 amide bonds. The zero-order chi connectivity index (χ0) is 24.0. The number of carbonyl (C=O) groups excluding carboxylic acids is 2. The third kappa shape index (κ3) is 4.44. The number of hydrogen-bond acceptors (Lipinski definition) is 5. The Bertz CT molecular complexity index is 1080. The summed E-state index contributed by atoms with van der Waals surface area (Å²) in [6.07, 6.45) is -3.50. The predicted octanol–water partition coefficient (Wildman–Crippen LogP) is 3.91.